The quantitative estimate of drug-likeness (QED) is 0.174. The van der Waals surface area contributed by atoms with E-state index in [1.165, 1.54) is 72.8 Å². The van der Waals surface area contributed by atoms with Crippen LogP contribution in [0.5, 0.6) is 0 Å². The molecule has 7 aromatic rings. The van der Waals surface area contributed by atoms with Gasteiger partial charge in [-0.1, -0.05) is 143 Å². The fourth-order valence-electron chi connectivity index (χ4n) is 11.2. The number of anilines is 9. The van der Waals surface area contributed by atoms with Crippen molar-refractivity contribution in [3.63, 3.8) is 0 Å². The first-order valence-corrected chi connectivity index (χ1v) is 21.9. The van der Waals surface area contributed by atoms with Crippen molar-refractivity contribution in [2.24, 2.45) is 0 Å². The van der Waals surface area contributed by atoms with E-state index in [0.29, 0.717) is 0 Å². The Bertz CT molecular complexity index is 2950. The zero-order valence-corrected chi connectivity index (χ0v) is 37.4. The number of fused-ring (bicyclic) bond motifs is 8. The van der Waals surface area contributed by atoms with Gasteiger partial charge in [-0.15, -0.1) is 0 Å². The van der Waals surface area contributed by atoms with E-state index in [1.54, 1.807) is 0 Å². The third kappa shape index (κ3) is 5.01. The van der Waals surface area contributed by atoms with Crippen LogP contribution in [0, 0.1) is 0 Å². The molecule has 0 aliphatic carbocycles. The number of nitrogens with zero attached hydrogens (tertiary/aromatic N) is 5. The molecule has 5 aromatic carbocycles. The molecule has 0 saturated carbocycles. The van der Waals surface area contributed by atoms with Crippen LogP contribution >= 0.6 is 0 Å². The molecule has 0 bridgehead atoms. The molecule has 61 heavy (non-hydrogen) atoms. The van der Waals surface area contributed by atoms with Gasteiger partial charge in [0, 0.05) is 56.6 Å². The second-order valence-electron chi connectivity index (χ2n) is 20.9. The first-order chi connectivity index (χ1) is 28.9. The lowest BCUT2D eigenvalue weighted by atomic mass is 9.64. The van der Waals surface area contributed by atoms with Crippen LogP contribution < -0.4 is 14.7 Å². The summed E-state index contributed by atoms with van der Waals surface area (Å²) in [7, 11) is 0. The minimum atomic E-state index is -0.290. The molecule has 0 amide bonds. The Morgan fingerprint density at radius 2 is 0.820 bits per heavy atom. The van der Waals surface area contributed by atoms with Gasteiger partial charge in [-0.3, -0.25) is 9.80 Å². The Kier molecular flexibility index (Phi) is 7.57. The lowest BCUT2D eigenvalue weighted by Gasteiger charge is -2.51. The molecule has 2 aromatic heterocycles. The van der Waals surface area contributed by atoms with Crippen LogP contribution in [0.4, 0.5) is 51.4 Å². The molecule has 0 spiro atoms. The van der Waals surface area contributed by atoms with Gasteiger partial charge in [0.05, 0.1) is 28.4 Å². The van der Waals surface area contributed by atoms with Crippen molar-refractivity contribution in [1.82, 2.24) is 9.97 Å². The standard InChI is InChI=1S/C56H55N5/c1-52(2,3)34-29-43-49-44(30-34)56(10,11)42-32-41-47(33-48(42)61(49)51-40(55(43,8)9)24-18-28-58-51)59(45-25-14-12-21-37(45)54(41,6)7)35-19-16-20-36(31-35)60-46-26-15-13-22-38(46)53(4,5)39-23-17-27-57-50(39)60/h12-33H,1-11H3. The van der Waals surface area contributed by atoms with Crippen LogP contribution in [-0.4, -0.2) is 9.97 Å². The van der Waals surface area contributed by atoms with Crippen molar-refractivity contribution in [3.05, 3.63) is 184 Å². The van der Waals surface area contributed by atoms with Crippen molar-refractivity contribution in [3.8, 4) is 0 Å². The molecule has 6 heterocycles. The van der Waals surface area contributed by atoms with Gasteiger partial charge >= 0.3 is 0 Å². The van der Waals surface area contributed by atoms with Crippen LogP contribution in [0.3, 0.4) is 0 Å². The van der Waals surface area contributed by atoms with E-state index in [2.05, 4.69) is 212 Å². The lowest BCUT2D eigenvalue weighted by molar-refractivity contribution is 0.560. The molecular formula is C56H55N5. The van der Waals surface area contributed by atoms with Crippen molar-refractivity contribution in [2.45, 2.75) is 103 Å². The van der Waals surface area contributed by atoms with Gasteiger partial charge in [0.15, 0.2) is 0 Å². The molecule has 0 fully saturated rings. The Labute approximate surface area is 361 Å². The summed E-state index contributed by atoms with van der Waals surface area (Å²) in [5.74, 6) is 1.99. The number of para-hydroxylation sites is 2. The summed E-state index contributed by atoms with van der Waals surface area (Å²) in [6.45, 7) is 26.1. The highest BCUT2D eigenvalue weighted by molar-refractivity contribution is 5.97. The highest BCUT2D eigenvalue weighted by Crippen LogP contribution is 2.63. The summed E-state index contributed by atoms with van der Waals surface area (Å²) in [5, 5.41) is 0. The number of rotatable bonds is 2. The number of benzene rings is 5. The SMILES string of the molecule is CC(C)(C)c1cc2c3c(c1)C(C)(C)c1cccnc1N3c1cc3c(cc1C2(C)C)C(C)(C)c1ccccc1N3c1cccc(N2c3ccccc3C(C)(C)c3cccnc32)c1. The Hall–Kier alpha value is -6.20. The van der Waals surface area contributed by atoms with Crippen LogP contribution in [0.25, 0.3) is 0 Å². The fourth-order valence-corrected chi connectivity index (χ4v) is 11.2. The molecule has 5 nitrogen and oxygen atoms in total. The van der Waals surface area contributed by atoms with Gasteiger partial charge in [0.2, 0.25) is 0 Å². The maximum Gasteiger partial charge on any atom is 0.141 e. The number of pyridine rings is 2. The summed E-state index contributed by atoms with van der Waals surface area (Å²) in [6.07, 6.45) is 3.89. The zero-order valence-electron chi connectivity index (χ0n) is 37.4. The molecule has 5 heteroatoms. The van der Waals surface area contributed by atoms with Crippen LogP contribution in [0.15, 0.2) is 134 Å². The van der Waals surface area contributed by atoms with Crippen LogP contribution in [0.1, 0.15) is 126 Å². The van der Waals surface area contributed by atoms with Crippen molar-refractivity contribution in [2.75, 3.05) is 14.7 Å². The largest absolute Gasteiger partial charge is 0.310 e. The Morgan fingerprint density at radius 3 is 1.39 bits per heavy atom. The maximum absolute atomic E-state index is 5.22. The van der Waals surface area contributed by atoms with Crippen molar-refractivity contribution < 1.29 is 0 Å². The normalized spacial score (nSPS) is 17.9. The monoisotopic (exact) mass is 797 g/mol. The fraction of sp³-hybridized carbons (Fsp3) is 0.286. The van der Waals surface area contributed by atoms with E-state index in [1.807, 2.05) is 12.4 Å². The van der Waals surface area contributed by atoms with Gasteiger partial charge in [-0.05, 0) is 99.0 Å². The summed E-state index contributed by atoms with van der Waals surface area (Å²) in [6, 6.07) is 45.6. The summed E-state index contributed by atoms with van der Waals surface area (Å²) in [5.41, 5.74) is 19.0. The molecule has 4 aliphatic heterocycles. The van der Waals surface area contributed by atoms with Crippen LogP contribution in [0.2, 0.25) is 0 Å². The average molecular weight is 798 g/mol. The van der Waals surface area contributed by atoms with E-state index >= 15 is 0 Å². The summed E-state index contributed by atoms with van der Waals surface area (Å²) in [4.78, 5) is 17.7. The number of hydrogen-bond acceptors (Lipinski definition) is 5. The highest BCUT2D eigenvalue weighted by Gasteiger charge is 2.49. The van der Waals surface area contributed by atoms with Gasteiger partial charge in [0.1, 0.15) is 11.6 Å². The Balaban J connectivity index is 1.17. The summed E-state index contributed by atoms with van der Waals surface area (Å²) >= 11 is 0. The molecule has 11 rings (SSSR count). The molecular weight excluding hydrogens is 743 g/mol. The number of hydrogen-bond donors (Lipinski definition) is 0. The number of aromatic nitrogens is 2. The Morgan fingerprint density at radius 1 is 0.377 bits per heavy atom. The lowest BCUT2D eigenvalue weighted by Crippen LogP contribution is -2.40. The summed E-state index contributed by atoms with van der Waals surface area (Å²) < 4.78 is 0. The second-order valence-corrected chi connectivity index (χ2v) is 20.9. The second kappa shape index (κ2) is 12.2. The van der Waals surface area contributed by atoms with E-state index < -0.39 is 0 Å². The minimum Gasteiger partial charge on any atom is -0.310 e. The smallest absolute Gasteiger partial charge is 0.141 e. The van der Waals surface area contributed by atoms with E-state index in [9.17, 15) is 0 Å². The zero-order chi connectivity index (χ0) is 42.6. The topological polar surface area (TPSA) is 35.5 Å². The third-order valence-electron chi connectivity index (χ3n) is 14.8. The molecule has 0 radical (unpaired) electrons. The molecule has 0 atom stereocenters. The molecule has 0 unspecified atom stereocenters. The van der Waals surface area contributed by atoms with Gasteiger partial charge in [-0.25, -0.2) is 9.97 Å². The van der Waals surface area contributed by atoms with Gasteiger partial charge in [0.25, 0.3) is 0 Å². The maximum atomic E-state index is 5.22. The van der Waals surface area contributed by atoms with Gasteiger partial charge in [-0.2, -0.15) is 0 Å². The van der Waals surface area contributed by atoms with Crippen molar-refractivity contribution in [1.29, 1.82) is 0 Å². The first kappa shape index (κ1) is 37.8. The van der Waals surface area contributed by atoms with E-state index in [-0.39, 0.29) is 27.1 Å². The molecule has 0 N–H and O–H groups in total. The molecule has 0 saturated heterocycles. The minimum absolute atomic E-state index is 0.0147. The predicted molar refractivity (Wildman–Crippen MR) is 253 cm³/mol. The van der Waals surface area contributed by atoms with Gasteiger partial charge < -0.3 is 4.90 Å². The highest BCUT2D eigenvalue weighted by atomic mass is 15.2. The van der Waals surface area contributed by atoms with Crippen LogP contribution in [-0.2, 0) is 27.1 Å². The average Bonchev–Trinajstić information content (AvgIpc) is 3.23. The molecule has 304 valence electrons. The first-order valence-electron chi connectivity index (χ1n) is 21.9. The third-order valence-corrected chi connectivity index (χ3v) is 14.8. The predicted octanol–water partition coefficient (Wildman–Crippen LogP) is 14.7. The van der Waals surface area contributed by atoms with Crippen molar-refractivity contribution >= 4 is 51.4 Å². The van der Waals surface area contributed by atoms with E-state index in [4.69, 9.17) is 9.97 Å². The van der Waals surface area contributed by atoms with E-state index in [0.717, 1.165) is 28.7 Å². The molecule has 4 aliphatic rings.